The van der Waals surface area contributed by atoms with E-state index in [0.717, 1.165) is 5.57 Å². The number of carbonyl (C=O) groups excluding carboxylic acids is 2. The van der Waals surface area contributed by atoms with E-state index in [4.69, 9.17) is 5.73 Å². The molecule has 2 amide bonds. The largest absolute Gasteiger partial charge is 0.368 e. The van der Waals surface area contributed by atoms with E-state index in [9.17, 15) is 9.59 Å². The molecule has 0 aromatic carbocycles. The third-order valence-corrected chi connectivity index (χ3v) is 2.73. The summed E-state index contributed by atoms with van der Waals surface area (Å²) < 4.78 is 0. The Kier molecular flexibility index (Phi) is 4.28. The van der Waals surface area contributed by atoms with Gasteiger partial charge in [0.15, 0.2) is 0 Å². The van der Waals surface area contributed by atoms with E-state index in [2.05, 4.69) is 0 Å². The fraction of sp³-hybridized carbons (Fsp3) is 0.500. The van der Waals surface area contributed by atoms with Crippen LogP contribution in [-0.2, 0) is 9.59 Å². The molecule has 1 unspecified atom stereocenters. The average molecular weight is 222 g/mol. The van der Waals surface area contributed by atoms with Crippen molar-refractivity contribution >= 4 is 11.8 Å². The van der Waals surface area contributed by atoms with Crippen LogP contribution in [0.1, 0.15) is 20.3 Å². The number of hydrogen-bond donors (Lipinski definition) is 1. The zero-order valence-electron chi connectivity index (χ0n) is 9.77. The molecule has 1 heterocycles. The molecule has 0 radical (unpaired) electrons. The summed E-state index contributed by atoms with van der Waals surface area (Å²) in [6.07, 6.45) is 6.44. The van der Waals surface area contributed by atoms with Gasteiger partial charge >= 0.3 is 0 Å². The van der Waals surface area contributed by atoms with Gasteiger partial charge in [0.25, 0.3) is 0 Å². The zero-order valence-corrected chi connectivity index (χ0v) is 9.77. The van der Waals surface area contributed by atoms with Crippen LogP contribution in [0.3, 0.4) is 0 Å². The number of primary amides is 1. The predicted octanol–water partition coefficient (Wildman–Crippen LogP) is 0.843. The van der Waals surface area contributed by atoms with Crippen molar-refractivity contribution < 1.29 is 9.59 Å². The molecule has 0 aromatic heterocycles. The molecule has 2 N–H and O–H groups in total. The van der Waals surface area contributed by atoms with Gasteiger partial charge in [-0.05, 0) is 19.4 Å². The van der Waals surface area contributed by atoms with Crippen molar-refractivity contribution in [3.05, 3.63) is 23.8 Å². The molecule has 88 valence electrons. The van der Waals surface area contributed by atoms with Gasteiger partial charge in [-0.3, -0.25) is 9.59 Å². The predicted molar refractivity (Wildman–Crippen MR) is 62.5 cm³/mol. The minimum atomic E-state index is -0.456. The Balaban J connectivity index is 2.68. The highest BCUT2D eigenvalue weighted by Crippen LogP contribution is 2.25. The van der Waals surface area contributed by atoms with Crippen molar-refractivity contribution in [1.82, 2.24) is 4.90 Å². The molecule has 0 saturated carbocycles. The molecule has 1 saturated heterocycles. The molecule has 1 aliphatic heterocycles. The van der Waals surface area contributed by atoms with Gasteiger partial charge in [0, 0.05) is 18.9 Å². The van der Waals surface area contributed by atoms with Crippen molar-refractivity contribution in [1.29, 1.82) is 0 Å². The van der Waals surface area contributed by atoms with Gasteiger partial charge < -0.3 is 10.6 Å². The number of nitrogens with two attached hydrogens (primary N) is 1. The third kappa shape index (κ3) is 2.95. The van der Waals surface area contributed by atoms with Crippen LogP contribution in [0.25, 0.3) is 0 Å². The zero-order chi connectivity index (χ0) is 12.1. The SMILES string of the molecule is C/C=C\C(=C/C)C1CC(=O)N(CC(N)=O)C1. The molecular formula is C12H18N2O2. The Morgan fingerprint density at radius 1 is 1.56 bits per heavy atom. The second kappa shape index (κ2) is 5.49. The molecule has 1 aliphatic rings. The van der Waals surface area contributed by atoms with E-state index >= 15 is 0 Å². The maximum atomic E-state index is 11.6. The minimum absolute atomic E-state index is 0.00709. The van der Waals surface area contributed by atoms with Gasteiger partial charge in [-0.1, -0.05) is 18.2 Å². The summed E-state index contributed by atoms with van der Waals surface area (Å²) >= 11 is 0. The molecule has 1 atom stereocenters. The first-order chi connectivity index (χ1) is 7.58. The van der Waals surface area contributed by atoms with E-state index in [1.807, 2.05) is 32.1 Å². The summed E-state index contributed by atoms with van der Waals surface area (Å²) in [6.45, 7) is 4.52. The molecule has 0 bridgehead atoms. The normalized spacial score (nSPS) is 22.1. The molecule has 1 rings (SSSR count). The van der Waals surface area contributed by atoms with Gasteiger partial charge in [0.1, 0.15) is 0 Å². The summed E-state index contributed by atoms with van der Waals surface area (Å²) in [6, 6.07) is 0. The van der Waals surface area contributed by atoms with Crippen molar-refractivity contribution in [2.24, 2.45) is 11.7 Å². The smallest absolute Gasteiger partial charge is 0.237 e. The maximum Gasteiger partial charge on any atom is 0.237 e. The number of likely N-dealkylation sites (tertiary alicyclic amines) is 1. The van der Waals surface area contributed by atoms with E-state index in [1.54, 1.807) is 0 Å². The summed E-state index contributed by atoms with van der Waals surface area (Å²) in [5.74, 6) is -0.261. The van der Waals surface area contributed by atoms with E-state index in [1.165, 1.54) is 4.90 Å². The lowest BCUT2D eigenvalue weighted by molar-refractivity contribution is -0.132. The van der Waals surface area contributed by atoms with Crippen LogP contribution in [0.5, 0.6) is 0 Å². The van der Waals surface area contributed by atoms with Crippen LogP contribution in [-0.4, -0.2) is 29.8 Å². The van der Waals surface area contributed by atoms with Crippen molar-refractivity contribution in [2.75, 3.05) is 13.1 Å². The molecule has 16 heavy (non-hydrogen) atoms. The third-order valence-electron chi connectivity index (χ3n) is 2.73. The van der Waals surface area contributed by atoms with E-state index in [0.29, 0.717) is 13.0 Å². The molecule has 0 spiro atoms. The van der Waals surface area contributed by atoms with Crippen molar-refractivity contribution in [3.63, 3.8) is 0 Å². The van der Waals surface area contributed by atoms with Crippen molar-refractivity contribution in [2.45, 2.75) is 20.3 Å². The Labute approximate surface area is 95.8 Å². The average Bonchev–Trinajstić information content (AvgIpc) is 2.56. The monoisotopic (exact) mass is 222 g/mol. The highest BCUT2D eigenvalue weighted by molar-refractivity contribution is 5.85. The van der Waals surface area contributed by atoms with Gasteiger partial charge in [-0.15, -0.1) is 0 Å². The highest BCUT2D eigenvalue weighted by Gasteiger charge is 2.31. The Hall–Kier alpha value is -1.58. The summed E-state index contributed by atoms with van der Waals surface area (Å²) in [4.78, 5) is 23.9. The number of hydrogen-bond acceptors (Lipinski definition) is 2. The Morgan fingerprint density at radius 3 is 2.75 bits per heavy atom. The van der Waals surface area contributed by atoms with Crippen LogP contribution in [0.2, 0.25) is 0 Å². The summed E-state index contributed by atoms with van der Waals surface area (Å²) in [5.41, 5.74) is 6.23. The van der Waals surface area contributed by atoms with E-state index in [-0.39, 0.29) is 18.4 Å². The lowest BCUT2D eigenvalue weighted by atomic mass is 9.97. The Morgan fingerprint density at radius 2 is 2.25 bits per heavy atom. The van der Waals surface area contributed by atoms with Crippen LogP contribution in [0, 0.1) is 5.92 Å². The lowest BCUT2D eigenvalue weighted by Gasteiger charge is -2.14. The van der Waals surface area contributed by atoms with E-state index < -0.39 is 5.91 Å². The molecular weight excluding hydrogens is 204 g/mol. The van der Waals surface area contributed by atoms with Gasteiger partial charge in [0.2, 0.25) is 11.8 Å². The standard InChI is InChI=1S/C12H18N2O2/c1-3-5-9(4-2)10-6-12(16)14(7-10)8-11(13)15/h3-5,10H,6-8H2,1-2H3,(H2,13,15)/b5-3-,9-4+. The van der Waals surface area contributed by atoms with Crippen LogP contribution in [0.15, 0.2) is 23.8 Å². The van der Waals surface area contributed by atoms with Crippen molar-refractivity contribution in [3.8, 4) is 0 Å². The molecule has 0 aliphatic carbocycles. The minimum Gasteiger partial charge on any atom is -0.368 e. The van der Waals surface area contributed by atoms with Crippen LogP contribution >= 0.6 is 0 Å². The van der Waals surface area contributed by atoms with Gasteiger partial charge in [0.05, 0.1) is 6.54 Å². The molecule has 4 heteroatoms. The second-order valence-electron chi connectivity index (χ2n) is 3.93. The van der Waals surface area contributed by atoms with Gasteiger partial charge in [-0.2, -0.15) is 0 Å². The topological polar surface area (TPSA) is 63.4 Å². The number of amides is 2. The number of carbonyl (C=O) groups is 2. The van der Waals surface area contributed by atoms with Gasteiger partial charge in [-0.25, -0.2) is 0 Å². The Bertz CT molecular complexity index is 345. The fourth-order valence-corrected chi connectivity index (χ4v) is 2.00. The summed E-state index contributed by atoms with van der Waals surface area (Å²) in [5, 5.41) is 0. The maximum absolute atomic E-state index is 11.6. The second-order valence-corrected chi connectivity index (χ2v) is 3.93. The van der Waals surface area contributed by atoms with Crippen LogP contribution < -0.4 is 5.73 Å². The molecule has 4 nitrogen and oxygen atoms in total. The number of allylic oxidation sites excluding steroid dienone is 3. The summed E-state index contributed by atoms with van der Waals surface area (Å²) in [7, 11) is 0. The first kappa shape index (κ1) is 12.5. The number of rotatable bonds is 4. The van der Waals surface area contributed by atoms with Crippen LogP contribution in [0.4, 0.5) is 0 Å². The first-order valence-electron chi connectivity index (χ1n) is 5.43. The first-order valence-corrected chi connectivity index (χ1v) is 5.43. The quantitative estimate of drug-likeness (QED) is 0.716. The fourth-order valence-electron chi connectivity index (χ4n) is 2.00. The molecule has 0 aromatic rings. The highest BCUT2D eigenvalue weighted by atomic mass is 16.2. The number of nitrogens with zero attached hydrogens (tertiary/aromatic N) is 1. The lowest BCUT2D eigenvalue weighted by Crippen LogP contribution is -2.34. The molecule has 1 fully saturated rings.